The number of rotatable bonds is 3. The van der Waals surface area contributed by atoms with Gasteiger partial charge in [0.15, 0.2) is 5.84 Å². The van der Waals surface area contributed by atoms with Crippen LogP contribution in [0.2, 0.25) is 0 Å². The lowest BCUT2D eigenvalue weighted by Crippen LogP contribution is -2.39. The highest BCUT2D eigenvalue weighted by Crippen LogP contribution is 2.24. The fourth-order valence-corrected chi connectivity index (χ4v) is 2.16. The van der Waals surface area contributed by atoms with Crippen molar-refractivity contribution in [1.82, 2.24) is 10.1 Å². The van der Waals surface area contributed by atoms with Crippen molar-refractivity contribution in [3.05, 3.63) is 70.3 Å². The first-order chi connectivity index (χ1) is 10.2. The molecule has 7 nitrogen and oxygen atoms in total. The molecule has 0 fully saturated rings. The predicted octanol–water partition coefficient (Wildman–Crippen LogP) is 2.65. The fourth-order valence-electron chi connectivity index (χ4n) is 1.90. The third kappa shape index (κ3) is 2.46. The highest BCUT2D eigenvalue weighted by molar-refractivity contribution is 6.26. The van der Waals surface area contributed by atoms with Crippen molar-refractivity contribution in [3.8, 4) is 0 Å². The standard InChI is InChI=1S/C13H10ClN5O2/c14-17-13(10-4-2-1-3-5-10)15-16-18(17)11-6-8-12(9-7-11)19(20)21/h1-9,16H. The summed E-state index contributed by atoms with van der Waals surface area (Å²) in [6.07, 6.45) is 0. The molecule has 106 valence electrons. The number of nitrogens with zero attached hydrogens (tertiary/aromatic N) is 4. The van der Waals surface area contributed by atoms with E-state index in [1.165, 1.54) is 21.8 Å². The van der Waals surface area contributed by atoms with Crippen molar-refractivity contribution in [2.75, 3.05) is 5.12 Å². The van der Waals surface area contributed by atoms with E-state index >= 15 is 0 Å². The Balaban J connectivity index is 1.82. The van der Waals surface area contributed by atoms with Gasteiger partial charge in [-0.2, -0.15) is 15.2 Å². The number of benzene rings is 2. The Kier molecular flexibility index (Phi) is 3.33. The SMILES string of the molecule is O=[N+]([O-])c1ccc(N2NN=C(c3ccccc3)N2Cl)cc1. The normalized spacial score (nSPS) is 13.9. The summed E-state index contributed by atoms with van der Waals surface area (Å²) in [6, 6.07) is 15.4. The molecule has 3 rings (SSSR count). The van der Waals surface area contributed by atoms with Crippen molar-refractivity contribution in [2.24, 2.45) is 5.10 Å². The van der Waals surface area contributed by atoms with E-state index < -0.39 is 4.92 Å². The molecule has 1 aliphatic rings. The molecule has 2 aromatic rings. The molecule has 1 heterocycles. The van der Waals surface area contributed by atoms with Gasteiger partial charge in [0.2, 0.25) is 0 Å². The number of hydrogen-bond acceptors (Lipinski definition) is 6. The topological polar surface area (TPSA) is 74.0 Å². The molecule has 0 saturated carbocycles. The van der Waals surface area contributed by atoms with Crippen LogP contribution in [0.4, 0.5) is 11.4 Å². The number of nitrogens with one attached hydrogen (secondary N) is 1. The minimum Gasteiger partial charge on any atom is -0.258 e. The van der Waals surface area contributed by atoms with Crippen molar-refractivity contribution >= 4 is 29.0 Å². The zero-order chi connectivity index (χ0) is 14.8. The van der Waals surface area contributed by atoms with E-state index in [0.717, 1.165) is 5.56 Å². The second-order valence-corrected chi connectivity index (χ2v) is 4.57. The van der Waals surface area contributed by atoms with Gasteiger partial charge in [0, 0.05) is 29.5 Å². The van der Waals surface area contributed by atoms with Gasteiger partial charge in [-0.25, -0.2) is 0 Å². The first kappa shape index (κ1) is 13.2. The first-order valence-electron chi connectivity index (χ1n) is 6.06. The number of halogens is 1. The van der Waals surface area contributed by atoms with Gasteiger partial charge in [0.05, 0.1) is 10.6 Å². The Morgan fingerprint density at radius 2 is 1.76 bits per heavy atom. The minimum absolute atomic E-state index is 0.0169. The molecule has 0 spiro atoms. The van der Waals surface area contributed by atoms with Gasteiger partial charge in [-0.05, 0) is 12.1 Å². The molecule has 8 heteroatoms. The molecule has 1 N–H and O–H groups in total. The van der Waals surface area contributed by atoms with E-state index in [1.54, 1.807) is 12.1 Å². The molecule has 0 atom stereocenters. The summed E-state index contributed by atoms with van der Waals surface area (Å²) >= 11 is 6.25. The van der Waals surface area contributed by atoms with E-state index in [-0.39, 0.29) is 5.69 Å². The van der Waals surface area contributed by atoms with Crippen LogP contribution in [0.5, 0.6) is 0 Å². The maximum absolute atomic E-state index is 10.7. The minimum atomic E-state index is -0.453. The summed E-state index contributed by atoms with van der Waals surface area (Å²) in [5.41, 5.74) is 4.26. The number of amidine groups is 1. The monoisotopic (exact) mass is 303 g/mol. The van der Waals surface area contributed by atoms with E-state index in [4.69, 9.17) is 11.8 Å². The Hall–Kier alpha value is -2.80. The summed E-state index contributed by atoms with van der Waals surface area (Å²) in [4.78, 5) is 10.2. The lowest BCUT2D eigenvalue weighted by Gasteiger charge is -2.23. The molecule has 0 unspecified atom stereocenters. The number of nitro benzene ring substituents is 1. The van der Waals surface area contributed by atoms with Gasteiger partial charge >= 0.3 is 0 Å². The molecule has 0 saturated heterocycles. The van der Waals surface area contributed by atoms with Crippen LogP contribution < -0.4 is 10.7 Å². The summed E-state index contributed by atoms with van der Waals surface area (Å²) in [6.45, 7) is 0. The maximum Gasteiger partial charge on any atom is 0.269 e. The maximum atomic E-state index is 10.7. The summed E-state index contributed by atoms with van der Waals surface area (Å²) < 4.78 is 1.32. The Labute approximate surface area is 125 Å². The van der Waals surface area contributed by atoms with Crippen LogP contribution in [-0.4, -0.2) is 15.3 Å². The Morgan fingerprint density at radius 1 is 1.10 bits per heavy atom. The van der Waals surface area contributed by atoms with Crippen LogP contribution in [0, 0.1) is 10.1 Å². The van der Waals surface area contributed by atoms with E-state index in [1.807, 2.05) is 30.3 Å². The fraction of sp³-hybridized carbons (Fsp3) is 0. The number of hydrazine groups is 2. The van der Waals surface area contributed by atoms with E-state index in [9.17, 15) is 10.1 Å². The van der Waals surface area contributed by atoms with Crippen LogP contribution in [-0.2, 0) is 0 Å². The summed E-state index contributed by atoms with van der Waals surface area (Å²) in [5, 5.41) is 16.3. The van der Waals surface area contributed by atoms with Crippen molar-refractivity contribution in [3.63, 3.8) is 0 Å². The van der Waals surface area contributed by atoms with Crippen LogP contribution in [0.3, 0.4) is 0 Å². The molecule has 2 aromatic carbocycles. The average Bonchev–Trinajstić information content (AvgIpc) is 2.90. The molecule has 1 aliphatic heterocycles. The van der Waals surface area contributed by atoms with Crippen molar-refractivity contribution < 1.29 is 4.92 Å². The van der Waals surface area contributed by atoms with Gasteiger partial charge in [-0.1, -0.05) is 30.3 Å². The van der Waals surface area contributed by atoms with Crippen LogP contribution in [0.1, 0.15) is 5.56 Å². The third-order valence-electron chi connectivity index (χ3n) is 2.94. The molecular weight excluding hydrogens is 294 g/mol. The van der Waals surface area contributed by atoms with Gasteiger partial charge in [-0.15, -0.1) is 5.10 Å². The summed E-state index contributed by atoms with van der Waals surface area (Å²) in [7, 11) is 0. The van der Waals surface area contributed by atoms with Gasteiger partial charge in [0.1, 0.15) is 0 Å². The number of non-ortho nitro benzene ring substituents is 1. The van der Waals surface area contributed by atoms with Gasteiger partial charge in [0.25, 0.3) is 5.69 Å². The molecule has 0 aromatic heterocycles. The number of hydrazone groups is 1. The largest absolute Gasteiger partial charge is 0.269 e. The van der Waals surface area contributed by atoms with E-state index in [0.29, 0.717) is 11.5 Å². The smallest absolute Gasteiger partial charge is 0.258 e. The van der Waals surface area contributed by atoms with Gasteiger partial charge < -0.3 is 0 Å². The van der Waals surface area contributed by atoms with Crippen molar-refractivity contribution in [2.45, 2.75) is 0 Å². The quantitative estimate of drug-likeness (QED) is 0.536. The lowest BCUT2D eigenvalue weighted by atomic mass is 10.2. The van der Waals surface area contributed by atoms with Crippen LogP contribution in [0.25, 0.3) is 0 Å². The van der Waals surface area contributed by atoms with Crippen LogP contribution in [0.15, 0.2) is 59.7 Å². The summed E-state index contributed by atoms with van der Waals surface area (Å²) in [5.74, 6) is 0.538. The molecule has 0 amide bonds. The third-order valence-corrected chi connectivity index (χ3v) is 3.25. The molecule has 0 bridgehead atoms. The molecule has 0 aliphatic carbocycles. The predicted molar refractivity (Wildman–Crippen MR) is 79.4 cm³/mol. The second kappa shape index (κ2) is 5.29. The number of hydrogen-bond donors (Lipinski definition) is 1. The van der Waals surface area contributed by atoms with Crippen LogP contribution >= 0.6 is 11.8 Å². The van der Waals surface area contributed by atoms with Gasteiger partial charge in [-0.3, -0.25) is 10.1 Å². The highest BCUT2D eigenvalue weighted by Gasteiger charge is 2.26. The number of nitro groups is 1. The molecular formula is C13H10ClN5O2. The Morgan fingerprint density at radius 3 is 2.38 bits per heavy atom. The lowest BCUT2D eigenvalue weighted by molar-refractivity contribution is -0.384. The zero-order valence-corrected chi connectivity index (χ0v) is 11.4. The highest BCUT2D eigenvalue weighted by atomic mass is 35.5. The first-order valence-corrected chi connectivity index (χ1v) is 6.40. The second-order valence-electron chi connectivity index (χ2n) is 4.25. The zero-order valence-electron chi connectivity index (χ0n) is 10.7. The molecule has 0 radical (unpaired) electrons. The number of anilines is 1. The van der Waals surface area contributed by atoms with E-state index in [2.05, 4.69) is 10.6 Å². The Bertz CT molecular complexity index is 689. The van der Waals surface area contributed by atoms with Crippen molar-refractivity contribution in [1.29, 1.82) is 0 Å². The average molecular weight is 304 g/mol. The molecule has 21 heavy (non-hydrogen) atoms.